The molecule has 0 aromatic heterocycles. The van der Waals surface area contributed by atoms with E-state index in [9.17, 15) is 4.79 Å². The van der Waals surface area contributed by atoms with Crippen molar-refractivity contribution in [3.05, 3.63) is 0 Å². The van der Waals surface area contributed by atoms with Gasteiger partial charge in [-0.25, -0.2) is 4.79 Å². The van der Waals surface area contributed by atoms with Crippen molar-refractivity contribution in [3.8, 4) is 0 Å². The van der Waals surface area contributed by atoms with Gasteiger partial charge in [0.15, 0.2) is 0 Å². The Bertz CT molecular complexity index is 227. The van der Waals surface area contributed by atoms with Crippen molar-refractivity contribution in [1.82, 2.24) is 9.80 Å². The van der Waals surface area contributed by atoms with Gasteiger partial charge in [-0.2, -0.15) is 0 Å². The van der Waals surface area contributed by atoms with Crippen LogP contribution in [0.4, 0.5) is 4.79 Å². The summed E-state index contributed by atoms with van der Waals surface area (Å²) in [5, 5.41) is 0. The van der Waals surface area contributed by atoms with E-state index in [4.69, 9.17) is 12.2 Å². The smallest absolute Gasteiger partial charge is 0.318 e. The van der Waals surface area contributed by atoms with Crippen LogP contribution in [0.3, 0.4) is 0 Å². The normalized spacial score (nSPS) is 24.6. The molecule has 0 aliphatic carbocycles. The minimum atomic E-state index is -0.00120. The van der Waals surface area contributed by atoms with E-state index in [1.54, 1.807) is 23.9 Å². The molecule has 3 nitrogen and oxygen atoms in total. The Morgan fingerprint density at radius 2 is 1.92 bits per heavy atom. The summed E-state index contributed by atoms with van der Waals surface area (Å²) in [5.41, 5.74) is 0. The monoisotopic (exact) mass is 186 g/mol. The molecule has 68 valence electrons. The van der Waals surface area contributed by atoms with E-state index in [0.29, 0.717) is 5.92 Å². The molecule has 0 radical (unpaired) electrons. The van der Waals surface area contributed by atoms with Crippen LogP contribution in [0.1, 0.15) is 13.8 Å². The van der Waals surface area contributed by atoms with Crippen LogP contribution in [-0.2, 0) is 0 Å². The highest BCUT2D eigenvalue weighted by atomic mass is 32.1. The van der Waals surface area contributed by atoms with Gasteiger partial charge in [-0.15, -0.1) is 0 Å². The Hall–Kier alpha value is -0.640. The lowest BCUT2D eigenvalue weighted by atomic mass is 10.0. The van der Waals surface area contributed by atoms with Gasteiger partial charge in [-0.05, 0) is 5.92 Å². The van der Waals surface area contributed by atoms with Crippen LogP contribution in [0.2, 0.25) is 0 Å². The number of carbonyl (C=O) groups is 1. The Balaban J connectivity index is 2.91. The topological polar surface area (TPSA) is 23.6 Å². The molecule has 0 spiro atoms. The molecular weight excluding hydrogens is 172 g/mol. The van der Waals surface area contributed by atoms with Gasteiger partial charge in [0.05, 0.1) is 6.04 Å². The maximum absolute atomic E-state index is 11.4. The predicted molar refractivity (Wildman–Crippen MR) is 52.1 cm³/mol. The molecule has 0 N–H and O–H groups in total. The molecule has 1 saturated heterocycles. The lowest BCUT2D eigenvalue weighted by molar-refractivity contribution is 0.196. The summed E-state index contributed by atoms with van der Waals surface area (Å²) in [7, 11) is 3.52. The molecule has 1 aliphatic heterocycles. The molecule has 0 saturated carbocycles. The highest BCUT2D eigenvalue weighted by molar-refractivity contribution is 7.80. The van der Waals surface area contributed by atoms with Crippen LogP contribution in [0.15, 0.2) is 0 Å². The van der Waals surface area contributed by atoms with E-state index in [1.807, 2.05) is 0 Å². The fraction of sp³-hybridized carbons (Fsp3) is 0.750. The fourth-order valence-electron chi connectivity index (χ4n) is 1.55. The largest absolute Gasteiger partial charge is 0.325 e. The van der Waals surface area contributed by atoms with Crippen molar-refractivity contribution in [2.75, 3.05) is 14.1 Å². The fourth-order valence-corrected chi connectivity index (χ4v) is 2.05. The summed E-state index contributed by atoms with van der Waals surface area (Å²) < 4.78 is 0. The second-order valence-electron chi connectivity index (χ2n) is 3.48. The second-order valence-corrected chi connectivity index (χ2v) is 3.90. The SMILES string of the molecule is CC(C)C1C(=S)N(C)C(=O)N1C. The molecule has 1 aliphatic rings. The quantitative estimate of drug-likeness (QED) is 0.577. The van der Waals surface area contributed by atoms with Gasteiger partial charge >= 0.3 is 6.03 Å². The van der Waals surface area contributed by atoms with Gasteiger partial charge in [0.1, 0.15) is 4.99 Å². The predicted octanol–water partition coefficient (Wildman–Crippen LogP) is 1.34. The molecule has 0 aromatic rings. The first-order valence-electron chi connectivity index (χ1n) is 4.01. The average molecular weight is 186 g/mol. The van der Waals surface area contributed by atoms with Crippen LogP contribution in [0.5, 0.6) is 0 Å². The molecule has 2 amide bonds. The third kappa shape index (κ3) is 1.20. The summed E-state index contributed by atoms with van der Waals surface area (Å²) in [6.45, 7) is 4.14. The average Bonchev–Trinajstić information content (AvgIpc) is 2.16. The first-order valence-corrected chi connectivity index (χ1v) is 4.42. The lowest BCUT2D eigenvalue weighted by Gasteiger charge is -2.20. The maximum atomic E-state index is 11.4. The van der Waals surface area contributed by atoms with E-state index in [1.165, 1.54) is 0 Å². The number of hydrogen-bond acceptors (Lipinski definition) is 2. The number of hydrogen-bond donors (Lipinski definition) is 0. The van der Waals surface area contributed by atoms with Crippen molar-refractivity contribution in [2.45, 2.75) is 19.9 Å². The first kappa shape index (κ1) is 9.45. The van der Waals surface area contributed by atoms with Crippen molar-refractivity contribution in [2.24, 2.45) is 5.92 Å². The molecule has 0 aromatic carbocycles. The van der Waals surface area contributed by atoms with Crippen molar-refractivity contribution < 1.29 is 4.79 Å². The van der Waals surface area contributed by atoms with E-state index in [0.717, 1.165) is 4.99 Å². The molecule has 1 heterocycles. The summed E-state index contributed by atoms with van der Waals surface area (Å²) in [4.78, 5) is 15.4. The van der Waals surface area contributed by atoms with E-state index >= 15 is 0 Å². The highest BCUT2D eigenvalue weighted by Crippen LogP contribution is 2.21. The van der Waals surface area contributed by atoms with Gasteiger partial charge in [0, 0.05) is 14.1 Å². The molecular formula is C8H14N2OS. The summed E-state index contributed by atoms with van der Waals surface area (Å²) in [5.74, 6) is 0.386. The molecule has 4 heteroatoms. The first-order chi connectivity index (χ1) is 5.46. The third-order valence-corrected chi connectivity index (χ3v) is 2.74. The van der Waals surface area contributed by atoms with Crippen LogP contribution in [0, 0.1) is 5.92 Å². The summed E-state index contributed by atoms with van der Waals surface area (Å²) in [6, 6.07) is 0.0937. The van der Waals surface area contributed by atoms with Gasteiger partial charge in [0.25, 0.3) is 0 Å². The zero-order valence-corrected chi connectivity index (χ0v) is 8.68. The molecule has 1 rings (SSSR count). The Morgan fingerprint density at radius 3 is 2.08 bits per heavy atom. The summed E-state index contributed by atoms with van der Waals surface area (Å²) in [6.07, 6.45) is 0. The van der Waals surface area contributed by atoms with Crippen LogP contribution in [-0.4, -0.2) is 41.0 Å². The zero-order chi connectivity index (χ0) is 9.46. The van der Waals surface area contributed by atoms with Crippen LogP contribution >= 0.6 is 12.2 Å². The molecule has 0 bridgehead atoms. The maximum Gasteiger partial charge on any atom is 0.325 e. The minimum absolute atomic E-state index is 0.00120. The van der Waals surface area contributed by atoms with Gasteiger partial charge in [-0.3, -0.25) is 4.90 Å². The van der Waals surface area contributed by atoms with Gasteiger partial charge < -0.3 is 4.90 Å². The van der Waals surface area contributed by atoms with Crippen molar-refractivity contribution >= 4 is 23.2 Å². The zero-order valence-electron chi connectivity index (χ0n) is 7.87. The van der Waals surface area contributed by atoms with E-state index in [2.05, 4.69) is 13.8 Å². The lowest BCUT2D eigenvalue weighted by Crippen LogP contribution is -2.35. The van der Waals surface area contributed by atoms with Crippen LogP contribution < -0.4 is 0 Å². The molecule has 12 heavy (non-hydrogen) atoms. The number of thiocarbonyl (C=S) groups is 1. The number of rotatable bonds is 1. The Morgan fingerprint density at radius 1 is 1.42 bits per heavy atom. The van der Waals surface area contributed by atoms with E-state index in [-0.39, 0.29) is 12.1 Å². The van der Waals surface area contributed by atoms with Crippen LogP contribution in [0.25, 0.3) is 0 Å². The molecule has 1 unspecified atom stereocenters. The Kier molecular flexibility index (Phi) is 2.37. The van der Waals surface area contributed by atoms with Crippen molar-refractivity contribution in [3.63, 3.8) is 0 Å². The number of likely N-dealkylation sites (N-methyl/N-ethyl adjacent to an activating group) is 2. The summed E-state index contributed by atoms with van der Waals surface area (Å²) >= 11 is 5.16. The second kappa shape index (κ2) is 3.01. The Labute approximate surface area is 78.3 Å². The van der Waals surface area contributed by atoms with Gasteiger partial charge in [-0.1, -0.05) is 26.1 Å². The number of carbonyl (C=O) groups excluding carboxylic acids is 1. The number of amides is 2. The highest BCUT2D eigenvalue weighted by Gasteiger charge is 2.38. The standard InChI is InChI=1S/C8H14N2OS/c1-5(2)6-7(12)10(4)8(11)9(6)3/h5-6H,1-4H3. The number of nitrogens with zero attached hydrogens (tertiary/aromatic N) is 2. The third-order valence-electron chi connectivity index (χ3n) is 2.22. The minimum Gasteiger partial charge on any atom is -0.318 e. The van der Waals surface area contributed by atoms with Gasteiger partial charge in [0.2, 0.25) is 0 Å². The van der Waals surface area contributed by atoms with E-state index < -0.39 is 0 Å². The molecule has 1 atom stereocenters. The molecule has 1 fully saturated rings. The van der Waals surface area contributed by atoms with Crippen molar-refractivity contribution in [1.29, 1.82) is 0 Å². The number of urea groups is 1.